The van der Waals surface area contributed by atoms with E-state index in [2.05, 4.69) is 17.0 Å². The summed E-state index contributed by atoms with van der Waals surface area (Å²) in [6.07, 6.45) is 7.00. The van der Waals surface area contributed by atoms with Gasteiger partial charge in [0.05, 0.1) is 0 Å². The van der Waals surface area contributed by atoms with Gasteiger partial charge in [0.15, 0.2) is 0 Å². The largest absolute Gasteiger partial charge is 0.492 e. The smallest absolute Gasteiger partial charge is 0.127 e. The van der Waals surface area contributed by atoms with Gasteiger partial charge in [0.25, 0.3) is 0 Å². The summed E-state index contributed by atoms with van der Waals surface area (Å²) in [6, 6.07) is 8.24. The van der Waals surface area contributed by atoms with E-state index < -0.39 is 0 Å². The van der Waals surface area contributed by atoms with Crippen molar-refractivity contribution in [3.05, 3.63) is 29.8 Å². The molecule has 0 unspecified atom stereocenters. The third-order valence-corrected chi connectivity index (χ3v) is 4.67. The van der Waals surface area contributed by atoms with Gasteiger partial charge in [0.1, 0.15) is 18.6 Å². The number of carbonyl (C=O) groups excluding carboxylic acids is 1. The molecular weight excluding hydrogens is 250 g/mol. The van der Waals surface area contributed by atoms with Crippen molar-refractivity contribution in [2.75, 3.05) is 19.7 Å². The molecule has 2 aliphatic rings. The Labute approximate surface area is 120 Å². The van der Waals surface area contributed by atoms with Crippen LogP contribution in [0.4, 0.5) is 0 Å². The normalized spacial score (nSPS) is 22.4. The summed E-state index contributed by atoms with van der Waals surface area (Å²) in [6.45, 7) is 3.40. The van der Waals surface area contributed by atoms with Crippen LogP contribution in [0.15, 0.2) is 24.3 Å². The van der Waals surface area contributed by atoms with Crippen LogP contribution < -0.4 is 4.74 Å². The highest BCUT2D eigenvalue weighted by Crippen LogP contribution is 2.36. The average Bonchev–Trinajstić information content (AvgIpc) is 2.69. The molecule has 0 saturated heterocycles. The van der Waals surface area contributed by atoms with Crippen LogP contribution in [-0.2, 0) is 11.3 Å². The van der Waals surface area contributed by atoms with Gasteiger partial charge >= 0.3 is 0 Å². The molecular formula is C17H23NO2. The Kier molecular flexibility index (Phi) is 4.06. The summed E-state index contributed by atoms with van der Waals surface area (Å²) in [5.41, 5.74) is 1.12. The molecule has 1 aliphatic carbocycles. The van der Waals surface area contributed by atoms with E-state index in [9.17, 15) is 4.79 Å². The highest BCUT2D eigenvalue weighted by atomic mass is 16.5. The Morgan fingerprint density at radius 2 is 2.00 bits per heavy atom. The van der Waals surface area contributed by atoms with Gasteiger partial charge in [0.2, 0.25) is 0 Å². The molecule has 1 fully saturated rings. The number of aldehydes is 1. The second-order valence-electron chi connectivity index (χ2n) is 6.21. The summed E-state index contributed by atoms with van der Waals surface area (Å²) in [5, 5.41) is 0. The minimum atomic E-state index is -0.114. The molecule has 0 amide bonds. The fraction of sp³-hybridized carbons (Fsp3) is 0.588. The van der Waals surface area contributed by atoms with E-state index in [0.29, 0.717) is 6.61 Å². The molecule has 108 valence electrons. The van der Waals surface area contributed by atoms with Crippen molar-refractivity contribution in [1.82, 2.24) is 4.90 Å². The van der Waals surface area contributed by atoms with Crippen molar-refractivity contribution in [2.24, 2.45) is 5.41 Å². The summed E-state index contributed by atoms with van der Waals surface area (Å²) in [5.74, 6) is 0.999. The second kappa shape index (κ2) is 5.96. The molecule has 0 atom stereocenters. The summed E-state index contributed by atoms with van der Waals surface area (Å²) in [7, 11) is 0. The van der Waals surface area contributed by atoms with E-state index in [1.807, 2.05) is 12.1 Å². The summed E-state index contributed by atoms with van der Waals surface area (Å²) in [4.78, 5) is 14.0. The zero-order valence-electron chi connectivity index (χ0n) is 12.0. The predicted molar refractivity (Wildman–Crippen MR) is 78.8 cm³/mol. The molecule has 0 bridgehead atoms. The first-order chi connectivity index (χ1) is 9.81. The molecule has 3 heteroatoms. The molecule has 20 heavy (non-hydrogen) atoms. The molecule has 3 rings (SSSR count). The van der Waals surface area contributed by atoms with Crippen LogP contribution in [0.25, 0.3) is 0 Å². The first-order valence-corrected chi connectivity index (χ1v) is 7.71. The van der Waals surface area contributed by atoms with Gasteiger partial charge in [0, 0.05) is 30.6 Å². The van der Waals surface area contributed by atoms with Gasteiger partial charge in [-0.05, 0) is 18.9 Å². The fourth-order valence-electron chi connectivity index (χ4n) is 3.53. The van der Waals surface area contributed by atoms with E-state index in [-0.39, 0.29) is 5.41 Å². The van der Waals surface area contributed by atoms with Crippen LogP contribution in [0.1, 0.15) is 37.7 Å². The van der Waals surface area contributed by atoms with Gasteiger partial charge in [-0.25, -0.2) is 0 Å². The van der Waals surface area contributed by atoms with Crippen LogP contribution in [0.3, 0.4) is 0 Å². The topological polar surface area (TPSA) is 29.5 Å². The van der Waals surface area contributed by atoms with Crippen LogP contribution in [-0.4, -0.2) is 30.9 Å². The highest BCUT2D eigenvalue weighted by Gasteiger charge is 2.34. The Bertz CT molecular complexity index is 466. The third kappa shape index (κ3) is 2.88. The fourth-order valence-corrected chi connectivity index (χ4v) is 3.53. The maximum absolute atomic E-state index is 11.6. The molecule has 1 aromatic carbocycles. The lowest BCUT2D eigenvalue weighted by Crippen LogP contribution is -2.40. The van der Waals surface area contributed by atoms with E-state index in [4.69, 9.17) is 4.74 Å². The first-order valence-electron chi connectivity index (χ1n) is 7.71. The Balaban J connectivity index is 1.72. The number of carbonyl (C=O) groups is 1. The Hall–Kier alpha value is -1.35. The predicted octanol–water partition coefficient (Wildman–Crippen LogP) is 3.03. The maximum Gasteiger partial charge on any atom is 0.127 e. The maximum atomic E-state index is 11.6. The van der Waals surface area contributed by atoms with Crippen LogP contribution in [0.5, 0.6) is 5.75 Å². The average molecular weight is 273 g/mol. The highest BCUT2D eigenvalue weighted by molar-refractivity contribution is 5.60. The van der Waals surface area contributed by atoms with Crippen LogP contribution >= 0.6 is 0 Å². The standard InChI is InChI=1S/C17H23NO2/c19-14-17(8-4-1-5-9-17)13-18-10-11-20-16-7-3-2-6-15(16)12-18/h2-3,6-7,14H,1,4-5,8-13H2. The molecule has 0 radical (unpaired) electrons. The molecule has 0 N–H and O–H groups in total. The van der Waals surface area contributed by atoms with Crippen molar-refractivity contribution in [3.63, 3.8) is 0 Å². The molecule has 0 spiro atoms. The zero-order valence-corrected chi connectivity index (χ0v) is 12.0. The molecule has 1 aromatic rings. The van der Waals surface area contributed by atoms with Gasteiger partial charge in [-0.3, -0.25) is 4.90 Å². The molecule has 1 heterocycles. The number of fused-ring (bicyclic) bond motifs is 1. The number of benzene rings is 1. The Morgan fingerprint density at radius 3 is 2.80 bits per heavy atom. The van der Waals surface area contributed by atoms with Gasteiger partial charge < -0.3 is 9.53 Å². The first kappa shape index (κ1) is 13.6. The number of hydrogen-bond donors (Lipinski definition) is 0. The van der Waals surface area contributed by atoms with Crippen molar-refractivity contribution in [3.8, 4) is 5.75 Å². The van der Waals surface area contributed by atoms with Crippen molar-refractivity contribution in [1.29, 1.82) is 0 Å². The van der Waals surface area contributed by atoms with Crippen LogP contribution in [0.2, 0.25) is 0 Å². The lowest BCUT2D eigenvalue weighted by atomic mass is 9.75. The number of rotatable bonds is 3. The second-order valence-corrected chi connectivity index (χ2v) is 6.21. The minimum absolute atomic E-state index is 0.114. The number of para-hydroxylation sites is 1. The number of hydrogen-bond acceptors (Lipinski definition) is 3. The quantitative estimate of drug-likeness (QED) is 0.793. The van der Waals surface area contributed by atoms with E-state index in [1.54, 1.807) is 0 Å². The number of nitrogens with zero attached hydrogens (tertiary/aromatic N) is 1. The van der Waals surface area contributed by atoms with Crippen molar-refractivity contribution in [2.45, 2.75) is 38.6 Å². The summed E-state index contributed by atoms with van der Waals surface area (Å²) < 4.78 is 5.80. The van der Waals surface area contributed by atoms with Crippen molar-refractivity contribution < 1.29 is 9.53 Å². The Morgan fingerprint density at radius 1 is 1.20 bits per heavy atom. The van der Waals surface area contributed by atoms with Crippen LogP contribution in [0, 0.1) is 5.41 Å². The zero-order chi connectivity index (χ0) is 13.8. The van der Waals surface area contributed by atoms with E-state index >= 15 is 0 Å². The van der Waals surface area contributed by atoms with Gasteiger partial charge in [-0.1, -0.05) is 37.5 Å². The molecule has 0 aromatic heterocycles. The number of ether oxygens (including phenoxy) is 1. The van der Waals surface area contributed by atoms with Crippen molar-refractivity contribution >= 4 is 6.29 Å². The lowest BCUT2D eigenvalue weighted by molar-refractivity contribution is -0.119. The van der Waals surface area contributed by atoms with Gasteiger partial charge in [-0.15, -0.1) is 0 Å². The van der Waals surface area contributed by atoms with E-state index in [0.717, 1.165) is 38.2 Å². The van der Waals surface area contributed by atoms with E-state index in [1.165, 1.54) is 31.1 Å². The summed E-state index contributed by atoms with van der Waals surface area (Å²) >= 11 is 0. The monoisotopic (exact) mass is 273 g/mol. The minimum Gasteiger partial charge on any atom is -0.492 e. The lowest BCUT2D eigenvalue weighted by Gasteiger charge is -2.36. The third-order valence-electron chi connectivity index (χ3n) is 4.67. The molecule has 1 aliphatic heterocycles. The molecule has 3 nitrogen and oxygen atoms in total. The van der Waals surface area contributed by atoms with Gasteiger partial charge in [-0.2, -0.15) is 0 Å². The SMILES string of the molecule is O=CC1(CN2CCOc3ccccc3C2)CCCCC1. The molecule has 1 saturated carbocycles.